The van der Waals surface area contributed by atoms with Gasteiger partial charge < -0.3 is 16.0 Å². The van der Waals surface area contributed by atoms with Gasteiger partial charge in [-0.2, -0.15) is 0 Å². The second-order valence-corrected chi connectivity index (χ2v) is 4.77. The Morgan fingerprint density at radius 2 is 1.87 bits per heavy atom. The van der Waals surface area contributed by atoms with Crippen molar-refractivity contribution in [3.05, 3.63) is 29.6 Å². The Balaban J connectivity index is 0.00000484. The van der Waals surface area contributed by atoms with Gasteiger partial charge in [-0.05, 0) is 32.9 Å². The molecule has 0 aromatic heterocycles. The lowest BCUT2D eigenvalue weighted by Gasteiger charge is -2.14. The van der Waals surface area contributed by atoms with Crippen LogP contribution in [-0.4, -0.2) is 31.0 Å². The minimum absolute atomic E-state index is 0. The fourth-order valence-corrected chi connectivity index (χ4v) is 1.56. The van der Waals surface area contributed by atoms with E-state index in [1.54, 1.807) is 0 Å². The smallest absolute Gasteiger partial charge is 0.246 e. The molecule has 1 aromatic carbocycles. The lowest BCUT2D eigenvalue weighted by molar-refractivity contribution is -0.114. The summed E-state index contributed by atoms with van der Waals surface area (Å²) in [5.41, 5.74) is -0.430. The largest absolute Gasteiger partial charge is 0.357 e. The van der Waals surface area contributed by atoms with E-state index in [-0.39, 0.29) is 36.6 Å². The van der Waals surface area contributed by atoms with Gasteiger partial charge >= 0.3 is 0 Å². The molecule has 1 aromatic rings. The molecule has 0 fully saturated rings. The standard InChI is InChI=1S/C14H19F3N4O.HI/c1-4-18-14(20-8(2)3)19-7-11(22)21-10-6-5-9(15)12(16)13(10)17;/h5-6,8H,4,7H2,1-3H3,(H,21,22)(H2,18,19,20);1H. The maximum atomic E-state index is 13.4. The maximum absolute atomic E-state index is 13.4. The molecule has 0 atom stereocenters. The van der Waals surface area contributed by atoms with E-state index in [1.165, 1.54) is 0 Å². The summed E-state index contributed by atoms with van der Waals surface area (Å²) in [5, 5.41) is 8.09. The third kappa shape index (κ3) is 7.06. The monoisotopic (exact) mass is 444 g/mol. The summed E-state index contributed by atoms with van der Waals surface area (Å²) >= 11 is 0. The molecule has 0 radical (unpaired) electrons. The van der Waals surface area contributed by atoms with Crippen LogP contribution in [0.4, 0.5) is 18.9 Å². The summed E-state index contributed by atoms with van der Waals surface area (Å²) in [7, 11) is 0. The average molecular weight is 444 g/mol. The van der Waals surface area contributed by atoms with Crippen molar-refractivity contribution in [1.82, 2.24) is 10.6 Å². The fraction of sp³-hybridized carbons (Fsp3) is 0.429. The molecule has 5 nitrogen and oxygen atoms in total. The van der Waals surface area contributed by atoms with Crippen LogP contribution >= 0.6 is 24.0 Å². The zero-order valence-corrected chi connectivity index (χ0v) is 15.4. The first-order valence-electron chi connectivity index (χ1n) is 6.83. The highest BCUT2D eigenvalue weighted by atomic mass is 127. The molecule has 130 valence electrons. The molecule has 0 unspecified atom stereocenters. The van der Waals surface area contributed by atoms with Crippen LogP contribution in [0.25, 0.3) is 0 Å². The number of amides is 1. The number of hydrogen-bond acceptors (Lipinski definition) is 2. The van der Waals surface area contributed by atoms with Gasteiger partial charge in [-0.1, -0.05) is 0 Å². The molecule has 0 saturated heterocycles. The number of carbonyl (C=O) groups excluding carboxylic acids is 1. The number of anilines is 1. The molecule has 0 aliphatic heterocycles. The molecule has 23 heavy (non-hydrogen) atoms. The van der Waals surface area contributed by atoms with Crippen molar-refractivity contribution in [2.24, 2.45) is 4.99 Å². The number of hydrogen-bond donors (Lipinski definition) is 3. The van der Waals surface area contributed by atoms with Gasteiger partial charge in [-0.25, -0.2) is 18.2 Å². The number of guanidine groups is 1. The molecule has 1 rings (SSSR count). The lowest BCUT2D eigenvalue weighted by Crippen LogP contribution is -2.41. The predicted molar refractivity (Wildman–Crippen MR) is 94.6 cm³/mol. The normalized spacial score (nSPS) is 11.0. The Kier molecular flexibility index (Phi) is 9.61. The van der Waals surface area contributed by atoms with E-state index in [1.807, 2.05) is 20.8 Å². The number of rotatable bonds is 5. The molecule has 3 N–H and O–H groups in total. The molecular formula is C14H20F3IN4O. The molecule has 0 aliphatic carbocycles. The predicted octanol–water partition coefficient (Wildman–Crippen LogP) is 2.62. The van der Waals surface area contributed by atoms with Crippen LogP contribution in [0.15, 0.2) is 17.1 Å². The lowest BCUT2D eigenvalue weighted by atomic mass is 10.3. The van der Waals surface area contributed by atoms with Gasteiger partial charge in [0.05, 0.1) is 5.69 Å². The van der Waals surface area contributed by atoms with Crippen LogP contribution in [0.1, 0.15) is 20.8 Å². The number of nitrogens with zero attached hydrogens (tertiary/aromatic N) is 1. The van der Waals surface area contributed by atoms with Crippen LogP contribution in [0.2, 0.25) is 0 Å². The second kappa shape index (κ2) is 10.3. The van der Waals surface area contributed by atoms with E-state index in [4.69, 9.17) is 0 Å². The van der Waals surface area contributed by atoms with Crippen LogP contribution in [0, 0.1) is 17.5 Å². The second-order valence-electron chi connectivity index (χ2n) is 4.77. The molecule has 9 heteroatoms. The zero-order chi connectivity index (χ0) is 16.7. The SMILES string of the molecule is CCNC(=NCC(=O)Nc1ccc(F)c(F)c1F)NC(C)C.I. The molecule has 0 saturated carbocycles. The van der Waals surface area contributed by atoms with E-state index >= 15 is 0 Å². The number of aliphatic imine (C=N–C) groups is 1. The van der Waals surface area contributed by atoms with Crippen molar-refractivity contribution in [3.8, 4) is 0 Å². The van der Waals surface area contributed by atoms with Crippen molar-refractivity contribution in [1.29, 1.82) is 0 Å². The highest BCUT2D eigenvalue weighted by molar-refractivity contribution is 14.0. The molecule has 0 heterocycles. The van der Waals surface area contributed by atoms with Gasteiger partial charge in [0.15, 0.2) is 23.4 Å². The summed E-state index contributed by atoms with van der Waals surface area (Å²) in [6.07, 6.45) is 0. The maximum Gasteiger partial charge on any atom is 0.246 e. The van der Waals surface area contributed by atoms with Gasteiger partial charge in [0.2, 0.25) is 5.91 Å². The van der Waals surface area contributed by atoms with E-state index in [2.05, 4.69) is 20.9 Å². The highest BCUT2D eigenvalue weighted by Gasteiger charge is 2.15. The van der Waals surface area contributed by atoms with Crippen LogP contribution < -0.4 is 16.0 Å². The number of halogens is 4. The summed E-state index contributed by atoms with van der Waals surface area (Å²) in [6.45, 7) is 6.00. The number of nitrogens with one attached hydrogen (secondary N) is 3. The summed E-state index contributed by atoms with van der Waals surface area (Å²) in [4.78, 5) is 15.7. The van der Waals surface area contributed by atoms with Crippen molar-refractivity contribution < 1.29 is 18.0 Å². The summed E-state index contributed by atoms with van der Waals surface area (Å²) in [6, 6.07) is 1.80. The Labute approximate surface area is 150 Å². The molecular weight excluding hydrogens is 424 g/mol. The first kappa shape index (κ1) is 21.5. The minimum Gasteiger partial charge on any atom is -0.357 e. The summed E-state index contributed by atoms with van der Waals surface area (Å²) in [5.74, 6) is -4.60. The molecule has 0 spiro atoms. The zero-order valence-electron chi connectivity index (χ0n) is 13.0. The Hall–Kier alpha value is -1.52. The van der Waals surface area contributed by atoms with E-state index < -0.39 is 29.0 Å². The van der Waals surface area contributed by atoms with Gasteiger partial charge in [-0.15, -0.1) is 24.0 Å². The molecule has 0 bridgehead atoms. The quantitative estimate of drug-likeness (QED) is 0.283. The van der Waals surface area contributed by atoms with Gasteiger partial charge in [-0.3, -0.25) is 4.79 Å². The van der Waals surface area contributed by atoms with Crippen molar-refractivity contribution in [3.63, 3.8) is 0 Å². The first-order valence-corrected chi connectivity index (χ1v) is 6.83. The molecule has 1 amide bonds. The van der Waals surface area contributed by atoms with Crippen LogP contribution in [-0.2, 0) is 4.79 Å². The van der Waals surface area contributed by atoms with E-state index in [0.29, 0.717) is 12.5 Å². The Bertz CT molecular complexity index is 567. The third-order valence-electron chi connectivity index (χ3n) is 2.46. The van der Waals surface area contributed by atoms with Crippen molar-refractivity contribution >= 4 is 41.5 Å². The van der Waals surface area contributed by atoms with Crippen molar-refractivity contribution in [2.45, 2.75) is 26.8 Å². The van der Waals surface area contributed by atoms with Crippen LogP contribution in [0.5, 0.6) is 0 Å². The first-order chi connectivity index (χ1) is 10.3. The van der Waals surface area contributed by atoms with Gasteiger partial charge in [0.1, 0.15) is 6.54 Å². The van der Waals surface area contributed by atoms with E-state index in [0.717, 1.165) is 12.1 Å². The number of benzene rings is 1. The topological polar surface area (TPSA) is 65.5 Å². The fourth-order valence-electron chi connectivity index (χ4n) is 1.56. The van der Waals surface area contributed by atoms with E-state index in [9.17, 15) is 18.0 Å². The van der Waals surface area contributed by atoms with Crippen LogP contribution in [0.3, 0.4) is 0 Å². The Morgan fingerprint density at radius 3 is 2.43 bits per heavy atom. The van der Waals surface area contributed by atoms with Gasteiger partial charge in [0.25, 0.3) is 0 Å². The third-order valence-corrected chi connectivity index (χ3v) is 2.46. The van der Waals surface area contributed by atoms with Crippen molar-refractivity contribution in [2.75, 3.05) is 18.4 Å². The molecule has 0 aliphatic rings. The Morgan fingerprint density at radius 1 is 1.22 bits per heavy atom. The van der Waals surface area contributed by atoms with Gasteiger partial charge in [0, 0.05) is 12.6 Å². The average Bonchev–Trinajstić information content (AvgIpc) is 2.45. The highest BCUT2D eigenvalue weighted by Crippen LogP contribution is 2.19. The minimum atomic E-state index is -1.63. The number of carbonyl (C=O) groups is 1. The summed E-state index contributed by atoms with van der Waals surface area (Å²) < 4.78 is 39.3.